The minimum atomic E-state index is 0.423. The molecule has 10 heteroatoms. The van der Waals surface area contributed by atoms with E-state index in [9.17, 15) is 0 Å². The van der Waals surface area contributed by atoms with Crippen LogP contribution in [0.4, 0.5) is 11.6 Å². The first kappa shape index (κ1) is 28.5. The number of hydrogen-bond donors (Lipinski definition) is 0. The fourth-order valence-electron chi connectivity index (χ4n) is 7.03. The van der Waals surface area contributed by atoms with E-state index >= 15 is 0 Å². The molecule has 0 amide bonds. The Kier molecular flexibility index (Phi) is 6.13. The van der Waals surface area contributed by atoms with Crippen molar-refractivity contribution in [3.63, 3.8) is 0 Å². The van der Waals surface area contributed by atoms with E-state index in [-0.39, 0.29) is 0 Å². The zero-order chi connectivity index (χ0) is 34.1. The second kappa shape index (κ2) is 11.0. The van der Waals surface area contributed by atoms with Crippen molar-refractivity contribution >= 4 is 56.5 Å². The quantitative estimate of drug-likeness (QED) is 0.185. The summed E-state index contributed by atoms with van der Waals surface area (Å²) in [4.78, 5) is 30.9. The minimum Gasteiger partial charge on any atom is -0.291 e. The van der Waals surface area contributed by atoms with Gasteiger partial charge in [-0.25, -0.2) is 30.0 Å². The highest BCUT2D eigenvalue weighted by Gasteiger charge is 2.29. The molecule has 0 saturated heterocycles. The van der Waals surface area contributed by atoms with Crippen molar-refractivity contribution in [2.24, 2.45) is 30.0 Å². The molecule has 0 aliphatic carbocycles. The van der Waals surface area contributed by atoms with Gasteiger partial charge in [0.1, 0.15) is 41.4 Å². The van der Waals surface area contributed by atoms with Crippen LogP contribution in [-0.2, 0) is 6.67 Å². The van der Waals surface area contributed by atoms with E-state index in [1.807, 2.05) is 60.7 Å². The van der Waals surface area contributed by atoms with Crippen molar-refractivity contribution < 1.29 is 0 Å². The summed E-state index contributed by atoms with van der Waals surface area (Å²) in [6.07, 6.45) is 0. The van der Waals surface area contributed by atoms with Crippen LogP contribution >= 0.6 is 0 Å². The fourth-order valence-corrected chi connectivity index (χ4v) is 7.03. The number of rotatable bonds is 0. The first-order valence-corrected chi connectivity index (χ1v) is 16.3. The smallest absolute Gasteiger partial charge is 0.164 e. The predicted octanol–water partition coefficient (Wildman–Crippen LogP) is 6.48. The molecule has 11 rings (SSSR count). The summed E-state index contributed by atoms with van der Waals surface area (Å²) in [5.74, 6) is 4.18. The van der Waals surface area contributed by atoms with Gasteiger partial charge in [-0.1, -0.05) is 109 Å². The van der Waals surface area contributed by atoms with Gasteiger partial charge in [-0.15, -0.1) is 0 Å². The number of amidine groups is 4. The van der Waals surface area contributed by atoms with Gasteiger partial charge >= 0.3 is 0 Å². The van der Waals surface area contributed by atoms with Gasteiger partial charge < -0.3 is 0 Å². The van der Waals surface area contributed by atoms with Gasteiger partial charge in [-0.05, 0) is 12.1 Å². The Balaban J connectivity index is 0.000000286. The third-order valence-electron chi connectivity index (χ3n) is 9.38. The lowest BCUT2D eigenvalue weighted by Crippen LogP contribution is -2.32. The molecule has 236 valence electrons. The number of fused-ring (bicyclic) bond motifs is 14. The summed E-state index contributed by atoms with van der Waals surface area (Å²) in [5, 5.41) is 20.9. The second-order valence-corrected chi connectivity index (χ2v) is 12.2. The molecule has 0 fully saturated rings. The van der Waals surface area contributed by atoms with Gasteiger partial charge in [-0.3, -0.25) is 9.13 Å². The van der Waals surface area contributed by atoms with Crippen LogP contribution in [0.3, 0.4) is 0 Å². The van der Waals surface area contributed by atoms with Crippen LogP contribution in [-0.4, -0.2) is 32.5 Å². The van der Waals surface area contributed by atoms with Crippen molar-refractivity contribution in [1.82, 2.24) is 9.13 Å². The van der Waals surface area contributed by atoms with Crippen molar-refractivity contribution in [3.05, 3.63) is 166 Å². The Bertz CT molecular complexity index is 2830. The van der Waals surface area contributed by atoms with Crippen molar-refractivity contribution in [3.8, 4) is 12.1 Å². The summed E-state index contributed by atoms with van der Waals surface area (Å²) < 4.78 is 4.31. The van der Waals surface area contributed by atoms with Crippen molar-refractivity contribution in [1.29, 1.82) is 10.5 Å². The highest BCUT2D eigenvalue weighted by atomic mass is 15.3. The van der Waals surface area contributed by atoms with Gasteiger partial charge in [0.15, 0.2) is 23.3 Å². The molecule has 4 aliphatic heterocycles. The zero-order valence-electron chi connectivity index (χ0n) is 26.7. The van der Waals surface area contributed by atoms with Crippen LogP contribution in [0.5, 0.6) is 0 Å². The van der Waals surface area contributed by atoms with E-state index in [4.69, 9.17) is 40.5 Å². The lowest BCUT2D eigenvalue weighted by atomic mass is 10.1. The summed E-state index contributed by atoms with van der Waals surface area (Å²) in [6, 6.07) is 43.5. The highest BCUT2D eigenvalue weighted by Crippen LogP contribution is 2.40. The summed E-state index contributed by atoms with van der Waals surface area (Å²) in [7, 11) is 0. The third kappa shape index (κ3) is 4.27. The van der Waals surface area contributed by atoms with Gasteiger partial charge in [0, 0.05) is 43.8 Å². The van der Waals surface area contributed by atoms with E-state index in [2.05, 4.69) is 57.7 Å². The molecule has 51 heavy (non-hydrogen) atoms. The monoisotopic (exact) mass is 654 g/mol. The molecule has 6 bridgehead atoms. The summed E-state index contributed by atoms with van der Waals surface area (Å²) in [6.45, 7) is 0.423. The maximum atomic E-state index is 8.45. The molecular formula is C41H22N10. The van der Waals surface area contributed by atoms with E-state index in [1.165, 1.54) is 0 Å². The van der Waals surface area contributed by atoms with Crippen LogP contribution in [0.15, 0.2) is 151 Å². The molecule has 4 aliphatic rings. The van der Waals surface area contributed by atoms with Crippen LogP contribution < -0.4 is 11.0 Å². The fraction of sp³-hybridized carbons (Fsp3) is 0.0244. The number of hydrogen-bond acceptors (Lipinski definition) is 8. The van der Waals surface area contributed by atoms with E-state index in [0.717, 1.165) is 66.4 Å². The van der Waals surface area contributed by atoms with Gasteiger partial charge in [0.25, 0.3) is 0 Å². The second-order valence-electron chi connectivity index (χ2n) is 12.2. The lowest BCUT2D eigenvalue weighted by molar-refractivity contribution is 0.584. The molecule has 0 radical (unpaired) electrons. The standard InChI is InChI=1S/C33H18N8.C8H4N2/c1-2-10-19-18(9-1)26-34-27(19)37-31-24-15-7-8-16-25(24)33-39-29-21-12-4-3-11-20(21)28(35-29)38-32-23-14-6-5-13-22(23)30(36-26)40(32)17-41(31)33;9-5-7-3-1-2-4-8(7)6-10/h1-16H,17H2;1-4H. The van der Waals surface area contributed by atoms with Crippen LogP contribution in [0.2, 0.25) is 0 Å². The molecule has 0 atom stereocenters. The largest absolute Gasteiger partial charge is 0.291 e. The van der Waals surface area contributed by atoms with Crippen LogP contribution in [0.1, 0.15) is 33.4 Å². The molecular weight excluding hydrogens is 633 g/mol. The maximum Gasteiger partial charge on any atom is 0.164 e. The third-order valence-corrected chi connectivity index (χ3v) is 9.38. The summed E-state index contributed by atoms with van der Waals surface area (Å²) in [5.41, 5.74) is 6.32. The van der Waals surface area contributed by atoms with E-state index in [0.29, 0.717) is 41.1 Å². The number of nitrogens with zero attached hydrogens (tertiary/aromatic N) is 10. The Labute approximate surface area is 290 Å². The number of nitriles is 2. The first-order chi connectivity index (χ1) is 25.2. The van der Waals surface area contributed by atoms with Crippen molar-refractivity contribution in [2.45, 2.75) is 6.67 Å². The minimum absolute atomic E-state index is 0.423. The van der Waals surface area contributed by atoms with Gasteiger partial charge in [-0.2, -0.15) is 10.5 Å². The number of benzene rings is 5. The molecule has 10 nitrogen and oxygen atoms in total. The molecule has 0 saturated carbocycles. The molecule has 0 N–H and O–H groups in total. The lowest BCUT2D eigenvalue weighted by Gasteiger charge is -2.12. The Morgan fingerprint density at radius 3 is 1.16 bits per heavy atom. The normalized spacial score (nSPS) is 14.2. The molecule has 0 spiro atoms. The molecule has 6 heterocycles. The highest BCUT2D eigenvalue weighted by molar-refractivity contribution is 6.25. The first-order valence-electron chi connectivity index (χ1n) is 16.3. The van der Waals surface area contributed by atoms with Crippen LogP contribution in [0.25, 0.3) is 21.5 Å². The molecule has 2 aromatic heterocycles. The number of aliphatic imine (C=N–C) groups is 4. The molecule has 5 aromatic carbocycles. The van der Waals surface area contributed by atoms with E-state index < -0.39 is 0 Å². The van der Waals surface area contributed by atoms with Gasteiger partial charge in [0.2, 0.25) is 0 Å². The van der Waals surface area contributed by atoms with E-state index in [1.54, 1.807) is 24.3 Å². The zero-order valence-corrected chi connectivity index (χ0v) is 26.7. The maximum absolute atomic E-state index is 8.45. The SMILES string of the molecule is N#Cc1ccccc1C#N.c1ccc2c(c1)C1=NC2=Nc2c3ccccc3c3n2Cn2c(c4ccccc4c2=NC2=NC(=N3)c3ccccc32)=N1. The van der Waals surface area contributed by atoms with Crippen LogP contribution in [0, 0.1) is 22.7 Å². The molecule has 0 unspecified atom stereocenters. The predicted molar refractivity (Wildman–Crippen MR) is 196 cm³/mol. The Morgan fingerprint density at radius 2 is 0.745 bits per heavy atom. The average molecular weight is 655 g/mol. The Hall–Kier alpha value is -7.56. The number of aromatic nitrogens is 2. The van der Waals surface area contributed by atoms with Crippen molar-refractivity contribution in [2.75, 3.05) is 0 Å². The average Bonchev–Trinajstić information content (AvgIpc) is 3.89. The Morgan fingerprint density at radius 1 is 0.392 bits per heavy atom. The topological polar surface area (TPSA) is 132 Å². The van der Waals surface area contributed by atoms with Gasteiger partial charge in [0.05, 0.1) is 11.1 Å². The summed E-state index contributed by atoms with van der Waals surface area (Å²) >= 11 is 0. The molecule has 7 aromatic rings.